The van der Waals surface area contributed by atoms with Gasteiger partial charge in [0.2, 0.25) is 0 Å². The third-order valence-electron chi connectivity index (χ3n) is 3.45. The van der Waals surface area contributed by atoms with E-state index in [4.69, 9.17) is 0 Å². The first-order chi connectivity index (χ1) is 9.31. The number of nitrogens with zero attached hydrogens (tertiary/aromatic N) is 2. The number of fused-ring (bicyclic) bond motifs is 1. The highest BCUT2D eigenvalue weighted by Crippen LogP contribution is 2.32. The van der Waals surface area contributed by atoms with Gasteiger partial charge < -0.3 is 4.90 Å². The van der Waals surface area contributed by atoms with Gasteiger partial charge in [-0.05, 0) is 0 Å². The van der Waals surface area contributed by atoms with Crippen molar-refractivity contribution in [2.75, 3.05) is 0 Å². The SMILES string of the molecule is C=C[C@H]1CC(C(=O)c2ccccc2)=C2C=NC=CN21. The fraction of sp³-hybridized carbons (Fsp3) is 0.125. The topological polar surface area (TPSA) is 32.7 Å². The number of hydrogen-bond acceptors (Lipinski definition) is 3. The third-order valence-corrected chi connectivity index (χ3v) is 3.45. The molecule has 1 aromatic carbocycles. The number of carbonyl (C=O) groups excluding carboxylic acids is 1. The van der Waals surface area contributed by atoms with Crippen LogP contribution in [0.5, 0.6) is 0 Å². The van der Waals surface area contributed by atoms with Gasteiger partial charge in [-0.15, -0.1) is 6.58 Å². The maximum atomic E-state index is 12.6. The average molecular weight is 250 g/mol. The van der Waals surface area contributed by atoms with Crippen LogP contribution in [0.15, 0.2) is 71.6 Å². The number of allylic oxidation sites excluding steroid dienone is 1. The van der Waals surface area contributed by atoms with Crippen molar-refractivity contribution in [2.24, 2.45) is 4.99 Å². The fourth-order valence-electron chi connectivity index (χ4n) is 2.48. The number of Topliss-reactive ketones (excluding diaryl/α,β-unsaturated/α-hetero) is 1. The summed E-state index contributed by atoms with van der Waals surface area (Å²) in [5.74, 6) is 0.0756. The van der Waals surface area contributed by atoms with Gasteiger partial charge in [0.05, 0.1) is 18.0 Å². The molecular weight excluding hydrogens is 236 g/mol. The van der Waals surface area contributed by atoms with Crippen LogP contribution in [0.3, 0.4) is 0 Å². The monoisotopic (exact) mass is 250 g/mol. The zero-order chi connectivity index (χ0) is 13.2. The number of carbonyl (C=O) groups is 1. The molecule has 2 aliphatic rings. The van der Waals surface area contributed by atoms with E-state index in [1.165, 1.54) is 0 Å². The summed E-state index contributed by atoms with van der Waals surface area (Å²) in [5, 5.41) is 0. The fourth-order valence-corrected chi connectivity index (χ4v) is 2.48. The molecule has 0 bridgehead atoms. The minimum Gasteiger partial charge on any atom is -0.338 e. The Balaban J connectivity index is 2.00. The van der Waals surface area contributed by atoms with Crippen LogP contribution in [-0.4, -0.2) is 22.9 Å². The summed E-state index contributed by atoms with van der Waals surface area (Å²) in [6.07, 6.45) is 7.93. The van der Waals surface area contributed by atoms with Gasteiger partial charge in [-0.3, -0.25) is 9.79 Å². The molecule has 1 atom stereocenters. The predicted octanol–water partition coefficient (Wildman–Crippen LogP) is 2.94. The molecule has 94 valence electrons. The molecule has 0 amide bonds. The molecule has 0 saturated heterocycles. The summed E-state index contributed by atoms with van der Waals surface area (Å²) in [4.78, 5) is 18.7. The largest absolute Gasteiger partial charge is 0.338 e. The first kappa shape index (κ1) is 11.7. The van der Waals surface area contributed by atoms with Crippen LogP contribution in [0.2, 0.25) is 0 Å². The molecule has 2 aliphatic heterocycles. The molecule has 0 fully saturated rings. The minimum atomic E-state index is 0.0756. The molecule has 1 aromatic rings. The summed E-state index contributed by atoms with van der Waals surface area (Å²) in [5.41, 5.74) is 2.42. The molecule has 3 rings (SSSR count). The standard InChI is InChI=1S/C16H14N2O/c1-2-13-10-14(15-11-17-8-9-18(13)15)16(19)12-6-4-3-5-7-12/h2-9,11,13H,1,10H2/t13-/m0/s1. The second kappa shape index (κ2) is 4.69. The Morgan fingerprint density at radius 3 is 2.89 bits per heavy atom. The summed E-state index contributed by atoms with van der Waals surface area (Å²) in [7, 11) is 0. The van der Waals surface area contributed by atoms with Crippen molar-refractivity contribution in [1.82, 2.24) is 4.90 Å². The van der Waals surface area contributed by atoms with Crippen LogP contribution < -0.4 is 0 Å². The third kappa shape index (κ3) is 1.93. The summed E-state index contributed by atoms with van der Waals surface area (Å²) in [6, 6.07) is 9.50. The Morgan fingerprint density at radius 2 is 2.16 bits per heavy atom. The smallest absolute Gasteiger partial charge is 0.191 e. The Labute approximate surface area is 112 Å². The summed E-state index contributed by atoms with van der Waals surface area (Å²) < 4.78 is 0. The molecule has 0 radical (unpaired) electrons. The highest BCUT2D eigenvalue weighted by molar-refractivity contribution is 6.12. The normalized spacial score (nSPS) is 20.6. The van der Waals surface area contributed by atoms with Gasteiger partial charge in [-0.25, -0.2) is 0 Å². The van der Waals surface area contributed by atoms with Crippen LogP contribution in [0, 0.1) is 0 Å². The van der Waals surface area contributed by atoms with E-state index in [9.17, 15) is 4.79 Å². The summed E-state index contributed by atoms with van der Waals surface area (Å²) in [6.45, 7) is 3.84. The van der Waals surface area contributed by atoms with Crippen molar-refractivity contribution in [3.63, 3.8) is 0 Å². The van der Waals surface area contributed by atoms with Crippen LogP contribution in [0.1, 0.15) is 16.8 Å². The van der Waals surface area contributed by atoms with Gasteiger partial charge in [-0.1, -0.05) is 36.4 Å². The van der Waals surface area contributed by atoms with E-state index in [2.05, 4.69) is 16.5 Å². The van der Waals surface area contributed by atoms with Crippen molar-refractivity contribution in [3.8, 4) is 0 Å². The average Bonchev–Trinajstić information content (AvgIpc) is 2.86. The van der Waals surface area contributed by atoms with Gasteiger partial charge in [0.25, 0.3) is 0 Å². The lowest BCUT2D eigenvalue weighted by atomic mass is 9.99. The van der Waals surface area contributed by atoms with Gasteiger partial charge in [-0.2, -0.15) is 0 Å². The summed E-state index contributed by atoms with van der Waals surface area (Å²) >= 11 is 0. The van der Waals surface area contributed by atoms with Crippen molar-refractivity contribution in [2.45, 2.75) is 12.5 Å². The number of aliphatic imine (C=N–C) groups is 1. The molecule has 2 heterocycles. The molecule has 3 heteroatoms. The molecule has 19 heavy (non-hydrogen) atoms. The van der Waals surface area contributed by atoms with Crippen molar-refractivity contribution in [1.29, 1.82) is 0 Å². The van der Waals surface area contributed by atoms with E-state index in [-0.39, 0.29) is 11.8 Å². The minimum absolute atomic E-state index is 0.0756. The molecule has 0 spiro atoms. The first-order valence-electron chi connectivity index (χ1n) is 6.25. The number of benzene rings is 1. The van der Waals surface area contributed by atoms with Crippen molar-refractivity contribution < 1.29 is 4.79 Å². The van der Waals surface area contributed by atoms with Crippen LogP contribution in [-0.2, 0) is 0 Å². The van der Waals surface area contributed by atoms with E-state index < -0.39 is 0 Å². The second-order valence-corrected chi connectivity index (χ2v) is 4.55. The number of hydrogen-bond donors (Lipinski definition) is 0. The Hall–Kier alpha value is -2.42. The molecule has 0 saturated carbocycles. The molecular formula is C16H14N2O. The molecule has 0 N–H and O–H groups in total. The van der Waals surface area contributed by atoms with E-state index in [1.807, 2.05) is 42.6 Å². The predicted molar refractivity (Wildman–Crippen MR) is 75.9 cm³/mol. The number of rotatable bonds is 3. The first-order valence-corrected chi connectivity index (χ1v) is 6.25. The van der Waals surface area contributed by atoms with Gasteiger partial charge >= 0.3 is 0 Å². The zero-order valence-electron chi connectivity index (χ0n) is 10.5. The Kier molecular flexibility index (Phi) is 2.88. The second-order valence-electron chi connectivity index (χ2n) is 4.55. The lowest BCUT2D eigenvalue weighted by Crippen LogP contribution is -2.24. The van der Waals surface area contributed by atoms with Crippen LogP contribution in [0.25, 0.3) is 0 Å². The van der Waals surface area contributed by atoms with Crippen molar-refractivity contribution in [3.05, 3.63) is 72.2 Å². The van der Waals surface area contributed by atoms with Crippen molar-refractivity contribution >= 4 is 12.0 Å². The quantitative estimate of drug-likeness (QED) is 0.610. The highest BCUT2D eigenvalue weighted by Gasteiger charge is 2.32. The maximum absolute atomic E-state index is 12.6. The Morgan fingerprint density at radius 1 is 1.37 bits per heavy atom. The van der Waals surface area contributed by atoms with Gasteiger partial charge in [0.15, 0.2) is 5.78 Å². The van der Waals surface area contributed by atoms with Crippen LogP contribution >= 0.6 is 0 Å². The molecule has 3 nitrogen and oxygen atoms in total. The van der Waals surface area contributed by atoms with Gasteiger partial charge in [0.1, 0.15) is 0 Å². The molecule has 0 unspecified atom stereocenters. The zero-order valence-corrected chi connectivity index (χ0v) is 10.5. The van der Waals surface area contributed by atoms with E-state index >= 15 is 0 Å². The van der Waals surface area contributed by atoms with E-state index in [0.29, 0.717) is 6.42 Å². The lowest BCUT2D eigenvalue weighted by Gasteiger charge is -2.22. The highest BCUT2D eigenvalue weighted by atomic mass is 16.1. The van der Waals surface area contributed by atoms with E-state index in [1.54, 1.807) is 12.4 Å². The molecule has 0 aromatic heterocycles. The Bertz CT molecular complexity index is 611. The van der Waals surface area contributed by atoms with Crippen LogP contribution in [0.4, 0.5) is 0 Å². The van der Waals surface area contributed by atoms with Gasteiger partial charge in [0, 0.05) is 30.0 Å². The van der Waals surface area contributed by atoms with E-state index in [0.717, 1.165) is 16.8 Å². The maximum Gasteiger partial charge on any atom is 0.191 e. The lowest BCUT2D eigenvalue weighted by molar-refractivity contribution is 0.103. The number of ketones is 1. The molecule has 0 aliphatic carbocycles.